The summed E-state index contributed by atoms with van der Waals surface area (Å²) in [4.78, 5) is 8.62. The molecule has 272 valence electrons. The SMILES string of the molecule is C#C[Si](C)(C)C.CCOP(=O)(c1ccccc1)c1cc(Br)cc(CO)n1.CCOP(=O)(c1ccccc1)c1cc(C#C[Si](C)(C)C)cc(CO)n1. The minimum Gasteiger partial charge on any atom is -0.390 e. The molecule has 0 saturated heterocycles. The maximum absolute atomic E-state index is 13.6. The van der Waals surface area contributed by atoms with Gasteiger partial charge < -0.3 is 19.3 Å². The van der Waals surface area contributed by atoms with Crippen molar-refractivity contribution in [3.63, 3.8) is 0 Å². The van der Waals surface area contributed by atoms with E-state index < -0.39 is 30.9 Å². The van der Waals surface area contributed by atoms with Crippen LogP contribution in [-0.4, -0.2) is 49.5 Å². The molecule has 4 rings (SSSR count). The molecule has 0 amide bonds. The van der Waals surface area contributed by atoms with Gasteiger partial charge in [0.25, 0.3) is 14.7 Å². The molecule has 0 spiro atoms. The number of hydrogen-bond acceptors (Lipinski definition) is 8. The minimum absolute atomic E-state index is 0.215. The lowest BCUT2D eigenvalue weighted by molar-refractivity contribution is 0.276. The van der Waals surface area contributed by atoms with Crippen LogP contribution in [0.4, 0.5) is 0 Å². The van der Waals surface area contributed by atoms with Crippen molar-refractivity contribution in [3.05, 3.63) is 106 Å². The number of halogens is 1. The van der Waals surface area contributed by atoms with Crippen LogP contribution < -0.4 is 21.5 Å². The van der Waals surface area contributed by atoms with Gasteiger partial charge in [0.1, 0.15) is 27.0 Å². The molecule has 2 aromatic carbocycles. The topological polar surface area (TPSA) is 119 Å². The molecule has 2 unspecified atom stereocenters. The molecule has 0 aliphatic rings. The number of hydrogen-bond donors (Lipinski definition) is 2. The fourth-order valence-corrected chi connectivity index (χ4v) is 9.33. The summed E-state index contributed by atoms with van der Waals surface area (Å²) in [7, 11) is -9.24. The zero-order chi connectivity index (χ0) is 38.3. The summed E-state index contributed by atoms with van der Waals surface area (Å²) in [6.07, 6.45) is 5.12. The van der Waals surface area contributed by atoms with Gasteiger partial charge in [-0.2, -0.15) is 0 Å². The number of pyridine rings is 2. The van der Waals surface area contributed by atoms with Crippen molar-refractivity contribution in [3.8, 4) is 23.4 Å². The number of benzene rings is 2. The van der Waals surface area contributed by atoms with E-state index in [-0.39, 0.29) is 13.2 Å². The lowest BCUT2D eigenvalue weighted by Gasteiger charge is -2.18. The summed E-state index contributed by atoms with van der Waals surface area (Å²) in [5, 5.41) is 20.0. The first-order chi connectivity index (χ1) is 23.9. The maximum Gasteiger partial charge on any atom is 0.279 e. The van der Waals surface area contributed by atoms with Gasteiger partial charge in [-0.25, -0.2) is 9.97 Å². The second-order valence-electron chi connectivity index (χ2n) is 13.2. The van der Waals surface area contributed by atoms with Crippen molar-refractivity contribution in [2.75, 3.05) is 13.2 Å². The van der Waals surface area contributed by atoms with Crippen LogP contribution in [-0.2, 0) is 31.4 Å². The van der Waals surface area contributed by atoms with E-state index in [1.54, 1.807) is 62.4 Å². The summed E-state index contributed by atoms with van der Waals surface area (Å²) in [5.41, 5.74) is 8.28. The van der Waals surface area contributed by atoms with Crippen molar-refractivity contribution >= 4 is 68.3 Å². The zero-order valence-corrected chi connectivity index (χ0v) is 36.1. The number of aliphatic hydroxyl groups excluding tert-OH is 2. The average Bonchev–Trinajstić information content (AvgIpc) is 3.11. The molecule has 0 radical (unpaired) electrons. The molecular formula is C38H49BrN2O6P2Si2. The predicted molar refractivity (Wildman–Crippen MR) is 220 cm³/mol. The third-order valence-electron chi connectivity index (χ3n) is 6.45. The number of aliphatic hydroxyl groups is 2. The monoisotopic (exact) mass is 826 g/mol. The Bertz CT molecular complexity index is 1920. The first-order valence-electron chi connectivity index (χ1n) is 16.5. The molecule has 0 saturated carbocycles. The van der Waals surface area contributed by atoms with Gasteiger partial charge in [0.05, 0.1) is 37.8 Å². The highest BCUT2D eigenvalue weighted by atomic mass is 79.9. The third-order valence-corrected chi connectivity index (χ3v) is 13.5. The lowest BCUT2D eigenvalue weighted by Crippen LogP contribution is -2.22. The lowest BCUT2D eigenvalue weighted by atomic mass is 10.2. The third kappa shape index (κ3) is 14.2. The standard InChI is InChI=1S/C19H24NO3PSi.C14H15BrNO3P.C5H10Si/c1-5-23-24(22,18-9-7-6-8-10-18)19-14-16(11-12-25(2,3)4)13-17(15-21)20-19;1-2-19-20(18,13-6-4-3-5-7-13)14-9-11(15)8-12(10-17)16-14;1-5-6(2,3)4/h6-10,13-14,21H,5,15H2,1-4H3;3-9,17H,2,10H2,1H3;1H,2-4H3. The Morgan fingerprint density at radius 1 is 0.706 bits per heavy atom. The zero-order valence-electron chi connectivity index (χ0n) is 30.7. The summed E-state index contributed by atoms with van der Waals surface area (Å²) < 4.78 is 38.8. The summed E-state index contributed by atoms with van der Waals surface area (Å²) in [6, 6.07) is 24.9. The Balaban J connectivity index is 0.000000310. The molecule has 2 heterocycles. The van der Waals surface area contributed by atoms with Gasteiger partial charge in [-0.15, -0.1) is 17.5 Å². The molecule has 0 bridgehead atoms. The minimum atomic E-state index is -3.33. The molecule has 13 heteroatoms. The Morgan fingerprint density at radius 3 is 1.49 bits per heavy atom. The molecular weight excluding hydrogens is 778 g/mol. The van der Waals surface area contributed by atoms with Crippen LogP contribution in [0.2, 0.25) is 39.3 Å². The van der Waals surface area contributed by atoms with Crippen molar-refractivity contribution in [2.45, 2.75) is 66.3 Å². The molecule has 0 fully saturated rings. The largest absolute Gasteiger partial charge is 0.390 e. The van der Waals surface area contributed by atoms with E-state index in [1.165, 1.54) is 0 Å². The van der Waals surface area contributed by atoms with E-state index in [0.717, 1.165) is 0 Å². The predicted octanol–water partition coefficient (Wildman–Crippen LogP) is 7.17. The van der Waals surface area contributed by atoms with E-state index in [0.29, 0.717) is 56.1 Å². The fraction of sp³-hybridized carbons (Fsp3) is 0.316. The van der Waals surface area contributed by atoms with Crippen LogP contribution in [0.15, 0.2) is 89.4 Å². The second-order valence-corrected chi connectivity index (χ2v) is 28.3. The van der Waals surface area contributed by atoms with Crippen LogP contribution in [0.5, 0.6) is 0 Å². The van der Waals surface area contributed by atoms with E-state index in [2.05, 4.69) is 82.2 Å². The van der Waals surface area contributed by atoms with Gasteiger partial charge in [0.2, 0.25) is 0 Å². The van der Waals surface area contributed by atoms with Crippen LogP contribution in [0.25, 0.3) is 0 Å². The quantitative estimate of drug-likeness (QED) is 0.0983. The summed E-state index contributed by atoms with van der Waals surface area (Å²) >= 11 is 3.34. The fourth-order valence-electron chi connectivity index (χ4n) is 4.06. The highest BCUT2D eigenvalue weighted by Crippen LogP contribution is 2.45. The Kier molecular flexibility index (Phi) is 17.7. The van der Waals surface area contributed by atoms with Gasteiger partial charge >= 0.3 is 0 Å². The highest BCUT2D eigenvalue weighted by Gasteiger charge is 2.31. The Labute approximate surface area is 314 Å². The molecule has 0 aliphatic heterocycles. The number of terminal acetylenes is 1. The number of nitrogens with zero attached hydrogens (tertiary/aromatic N) is 2. The first kappa shape index (κ1) is 44.2. The van der Waals surface area contributed by atoms with Gasteiger partial charge in [0.15, 0.2) is 0 Å². The molecule has 2 atom stereocenters. The Hall–Kier alpha value is -2.93. The number of rotatable bonds is 10. The van der Waals surface area contributed by atoms with Gasteiger partial charge in [-0.1, -0.05) is 97.5 Å². The molecule has 4 aromatic rings. The van der Waals surface area contributed by atoms with Gasteiger partial charge in [0, 0.05) is 20.6 Å². The number of aromatic nitrogens is 2. The summed E-state index contributed by atoms with van der Waals surface area (Å²) in [5.74, 6) is 3.15. The highest BCUT2D eigenvalue weighted by molar-refractivity contribution is 9.10. The van der Waals surface area contributed by atoms with Crippen molar-refractivity contribution in [1.82, 2.24) is 9.97 Å². The van der Waals surface area contributed by atoms with Crippen molar-refractivity contribution < 1.29 is 28.4 Å². The molecule has 2 N–H and O–H groups in total. The molecule has 51 heavy (non-hydrogen) atoms. The van der Waals surface area contributed by atoms with Crippen LogP contribution in [0.3, 0.4) is 0 Å². The average molecular weight is 828 g/mol. The van der Waals surface area contributed by atoms with E-state index in [1.807, 2.05) is 36.4 Å². The summed E-state index contributed by atoms with van der Waals surface area (Å²) in [6.45, 7) is 16.7. The smallest absolute Gasteiger partial charge is 0.279 e. The molecule has 0 aliphatic carbocycles. The van der Waals surface area contributed by atoms with Crippen molar-refractivity contribution in [2.24, 2.45) is 0 Å². The molecule has 2 aromatic heterocycles. The Morgan fingerprint density at radius 2 is 1.12 bits per heavy atom. The van der Waals surface area contributed by atoms with Crippen LogP contribution in [0, 0.1) is 23.4 Å². The maximum atomic E-state index is 13.6. The normalized spacial score (nSPS) is 13.4. The van der Waals surface area contributed by atoms with Crippen molar-refractivity contribution in [1.29, 1.82) is 0 Å². The van der Waals surface area contributed by atoms with E-state index in [4.69, 9.17) is 15.5 Å². The van der Waals surface area contributed by atoms with E-state index in [9.17, 15) is 19.3 Å². The van der Waals surface area contributed by atoms with Crippen LogP contribution in [0.1, 0.15) is 30.8 Å². The van der Waals surface area contributed by atoms with Gasteiger partial charge in [-0.3, -0.25) is 9.13 Å². The molecule has 8 nitrogen and oxygen atoms in total. The van der Waals surface area contributed by atoms with Crippen LogP contribution >= 0.6 is 30.7 Å². The first-order valence-corrected chi connectivity index (χ1v) is 27.5. The second kappa shape index (κ2) is 20.4. The van der Waals surface area contributed by atoms with Gasteiger partial charge in [-0.05, 0) is 62.4 Å². The van der Waals surface area contributed by atoms with E-state index >= 15 is 0 Å².